The van der Waals surface area contributed by atoms with Crippen molar-refractivity contribution in [3.8, 4) is 0 Å². The van der Waals surface area contributed by atoms with E-state index in [0.29, 0.717) is 0 Å². The second-order valence-electron chi connectivity index (χ2n) is 4.91. The summed E-state index contributed by atoms with van der Waals surface area (Å²) in [4.78, 5) is 18.9. The molecule has 20 heavy (non-hydrogen) atoms. The number of imidazole rings is 1. The summed E-state index contributed by atoms with van der Waals surface area (Å²) in [7, 11) is 2.02. The van der Waals surface area contributed by atoms with Gasteiger partial charge in [0.1, 0.15) is 0 Å². The van der Waals surface area contributed by atoms with Crippen molar-refractivity contribution in [2.75, 3.05) is 17.7 Å². The third-order valence-electron chi connectivity index (χ3n) is 3.33. The van der Waals surface area contributed by atoms with Gasteiger partial charge in [-0.15, -0.1) is 0 Å². The average molecular weight is 268 g/mol. The molecule has 4 N–H and O–H groups in total. The molecule has 0 saturated heterocycles. The average Bonchev–Trinajstić information content (AvgIpc) is 2.78. The van der Waals surface area contributed by atoms with Gasteiger partial charge in [-0.1, -0.05) is 6.07 Å². The molecule has 0 radical (unpaired) electrons. The largest absolute Gasteiger partial charge is 0.399 e. The van der Waals surface area contributed by atoms with Gasteiger partial charge in [0.15, 0.2) is 0 Å². The Bertz CT molecular complexity index is 785. The van der Waals surface area contributed by atoms with Gasteiger partial charge in [0.05, 0.1) is 11.0 Å². The number of nitrogens with two attached hydrogens (primary N) is 1. The number of hydrogen-bond donors (Lipinski definition) is 3. The van der Waals surface area contributed by atoms with Crippen LogP contribution in [0, 0.1) is 0 Å². The first kappa shape index (κ1) is 12.3. The Labute approximate surface area is 116 Å². The molecule has 102 valence electrons. The number of benzene rings is 2. The normalized spacial score (nSPS) is 10.8. The summed E-state index contributed by atoms with van der Waals surface area (Å²) in [6, 6.07) is 13.7. The van der Waals surface area contributed by atoms with E-state index in [9.17, 15) is 4.79 Å². The Balaban J connectivity index is 1.84. The highest BCUT2D eigenvalue weighted by Crippen LogP contribution is 2.18. The van der Waals surface area contributed by atoms with Crippen molar-refractivity contribution in [3.63, 3.8) is 0 Å². The van der Waals surface area contributed by atoms with Gasteiger partial charge in [-0.25, -0.2) is 4.79 Å². The number of rotatable bonds is 3. The lowest BCUT2D eigenvalue weighted by Gasteiger charge is -2.19. The van der Waals surface area contributed by atoms with Gasteiger partial charge < -0.3 is 20.6 Å². The zero-order valence-electron chi connectivity index (χ0n) is 11.2. The molecule has 0 amide bonds. The Morgan fingerprint density at radius 3 is 2.50 bits per heavy atom. The topological polar surface area (TPSA) is 77.9 Å². The minimum Gasteiger partial charge on any atom is -0.399 e. The fourth-order valence-electron chi connectivity index (χ4n) is 2.27. The van der Waals surface area contributed by atoms with Crippen LogP contribution in [0.3, 0.4) is 0 Å². The number of anilines is 2. The van der Waals surface area contributed by atoms with E-state index in [2.05, 4.69) is 14.9 Å². The smallest absolute Gasteiger partial charge is 0.323 e. The van der Waals surface area contributed by atoms with Crippen LogP contribution in [-0.4, -0.2) is 17.0 Å². The number of aromatic nitrogens is 2. The number of nitrogens with zero attached hydrogens (tertiary/aromatic N) is 1. The lowest BCUT2D eigenvalue weighted by atomic mass is 10.2. The van der Waals surface area contributed by atoms with Crippen molar-refractivity contribution in [2.24, 2.45) is 0 Å². The third kappa shape index (κ3) is 2.38. The van der Waals surface area contributed by atoms with Crippen molar-refractivity contribution < 1.29 is 0 Å². The van der Waals surface area contributed by atoms with E-state index in [-0.39, 0.29) is 5.69 Å². The van der Waals surface area contributed by atoms with E-state index in [0.717, 1.165) is 34.5 Å². The second-order valence-corrected chi connectivity index (χ2v) is 4.91. The van der Waals surface area contributed by atoms with Crippen LogP contribution < -0.4 is 16.3 Å². The van der Waals surface area contributed by atoms with Gasteiger partial charge in [-0.05, 0) is 42.0 Å². The molecule has 0 bridgehead atoms. The number of hydrogen-bond acceptors (Lipinski definition) is 3. The Morgan fingerprint density at radius 2 is 1.75 bits per heavy atom. The lowest BCUT2D eigenvalue weighted by Crippen LogP contribution is -2.16. The Hall–Kier alpha value is -2.69. The molecule has 0 aliphatic heterocycles. The highest BCUT2D eigenvalue weighted by atomic mass is 16.1. The molecule has 1 aromatic heterocycles. The summed E-state index contributed by atoms with van der Waals surface area (Å²) in [5.41, 5.74) is 10.2. The summed E-state index contributed by atoms with van der Waals surface area (Å²) >= 11 is 0. The highest BCUT2D eigenvalue weighted by Gasteiger charge is 2.04. The number of nitrogen functional groups attached to an aromatic ring is 1. The first-order valence-electron chi connectivity index (χ1n) is 6.39. The van der Waals surface area contributed by atoms with Crippen molar-refractivity contribution in [2.45, 2.75) is 6.54 Å². The van der Waals surface area contributed by atoms with E-state index in [1.165, 1.54) is 0 Å². The van der Waals surface area contributed by atoms with E-state index < -0.39 is 0 Å². The van der Waals surface area contributed by atoms with Crippen molar-refractivity contribution in [3.05, 3.63) is 58.5 Å². The summed E-state index contributed by atoms with van der Waals surface area (Å²) in [6.07, 6.45) is 0. The van der Waals surface area contributed by atoms with E-state index in [1.54, 1.807) is 0 Å². The van der Waals surface area contributed by atoms with Crippen LogP contribution in [0.4, 0.5) is 11.4 Å². The van der Waals surface area contributed by atoms with E-state index in [4.69, 9.17) is 5.73 Å². The number of fused-ring (bicyclic) bond motifs is 1. The van der Waals surface area contributed by atoms with Crippen LogP contribution in [0.2, 0.25) is 0 Å². The molecule has 0 atom stereocenters. The SMILES string of the molecule is CN(Cc1ccc2[nH]c(=O)[nH]c2c1)c1ccc(N)cc1. The molecule has 5 nitrogen and oxygen atoms in total. The molecule has 0 aliphatic carbocycles. The number of H-pyrrole nitrogens is 2. The van der Waals surface area contributed by atoms with Crippen molar-refractivity contribution in [1.82, 2.24) is 9.97 Å². The quantitative estimate of drug-likeness (QED) is 0.636. The molecule has 0 fully saturated rings. The minimum absolute atomic E-state index is 0.177. The summed E-state index contributed by atoms with van der Waals surface area (Å²) in [5.74, 6) is 0. The van der Waals surface area contributed by atoms with Crippen LogP contribution in [0.5, 0.6) is 0 Å². The first-order valence-corrected chi connectivity index (χ1v) is 6.39. The molecular formula is C15H16N4O. The fourth-order valence-corrected chi connectivity index (χ4v) is 2.27. The van der Waals surface area contributed by atoms with Crippen molar-refractivity contribution >= 4 is 22.4 Å². The predicted octanol–water partition coefficient (Wildman–Crippen LogP) is 2.07. The molecule has 3 aromatic rings. The number of aromatic amines is 2. The van der Waals surface area contributed by atoms with Gasteiger partial charge in [-0.3, -0.25) is 0 Å². The molecule has 2 aromatic carbocycles. The fraction of sp³-hybridized carbons (Fsp3) is 0.133. The van der Waals surface area contributed by atoms with Crippen LogP contribution >= 0.6 is 0 Å². The maximum absolute atomic E-state index is 11.2. The lowest BCUT2D eigenvalue weighted by molar-refractivity contribution is 0.925. The Morgan fingerprint density at radius 1 is 1.05 bits per heavy atom. The van der Waals surface area contributed by atoms with Gasteiger partial charge in [0.2, 0.25) is 0 Å². The summed E-state index contributed by atoms with van der Waals surface area (Å²) in [6.45, 7) is 0.757. The zero-order valence-corrected chi connectivity index (χ0v) is 11.2. The van der Waals surface area contributed by atoms with Crippen molar-refractivity contribution in [1.29, 1.82) is 0 Å². The van der Waals surface area contributed by atoms with Crippen LogP contribution in [-0.2, 0) is 6.54 Å². The van der Waals surface area contributed by atoms with Gasteiger partial charge >= 0.3 is 5.69 Å². The third-order valence-corrected chi connectivity index (χ3v) is 3.33. The zero-order chi connectivity index (χ0) is 14.1. The molecule has 0 saturated carbocycles. The maximum atomic E-state index is 11.2. The molecule has 3 rings (SSSR count). The standard InChI is InChI=1S/C15H16N4O/c1-19(12-5-3-11(16)4-6-12)9-10-2-7-13-14(8-10)18-15(20)17-13/h2-8H,9,16H2,1H3,(H2,17,18,20). The van der Waals surface area contributed by atoms with Crippen LogP contribution in [0.25, 0.3) is 11.0 Å². The molecule has 0 unspecified atom stereocenters. The van der Waals surface area contributed by atoms with Gasteiger partial charge in [0.25, 0.3) is 0 Å². The first-order chi connectivity index (χ1) is 9.61. The Kier molecular flexibility index (Phi) is 2.95. The molecule has 5 heteroatoms. The molecule has 1 heterocycles. The molecular weight excluding hydrogens is 252 g/mol. The number of nitrogens with one attached hydrogen (secondary N) is 2. The molecule has 0 aliphatic rings. The highest BCUT2D eigenvalue weighted by molar-refractivity contribution is 5.75. The van der Waals surface area contributed by atoms with Crippen LogP contribution in [0.1, 0.15) is 5.56 Å². The summed E-state index contributed by atoms with van der Waals surface area (Å²) in [5, 5.41) is 0. The predicted molar refractivity (Wildman–Crippen MR) is 81.9 cm³/mol. The minimum atomic E-state index is -0.177. The monoisotopic (exact) mass is 268 g/mol. The van der Waals surface area contributed by atoms with Gasteiger partial charge in [-0.2, -0.15) is 0 Å². The maximum Gasteiger partial charge on any atom is 0.323 e. The van der Waals surface area contributed by atoms with E-state index in [1.807, 2.05) is 49.5 Å². The van der Waals surface area contributed by atoms with E-state index >= 15 is 0 Å². The van der Waals surface area contributed by atoms with Crippen LogP contribution in [0.15, 0.2) is 47.3 Å². The second kappa shape index (κ2) is 4.77. The molecule has 0 spiro atoms. The summed E-state index contributed by atoms with van der Waals surface area (Å²) < 4.78 is 0. The van der Waals surface area contributed by atoms with Gasteiger partial charge in [0, 0.05) is 25.0 Å².